The van der Waals surface area contributed by atoms with Crippen molar-refractivity contribution >= 4 is 82.4 Å². The van der Waals surface area contributed by atoms with Crippen LogP contribution in [0.1, 0.15) is 262 Å². The van der Waals surface area contributed by atoms with Crippen LogP contribution < -0.4 is 22.8 Å². The van der Waals surface area contributed by atoms with Crippen molar-refractivity contribution < 1.29 is 27.2 Å². The van der Waals surface area contributed by atoms with Crippen molar-refractivity contribution in [2.24, 2.45) is 0 Å². The zero-order valence-electron chi connectivity index (χ0n) is 75.5. The van der Waals surface area contributed by atoms with Crippen molar-refractivity contribution in [3.05, 3.63) is 308 Å². The van der Waals surface area contributed by atoms with E-state index in [1.54, 1.807) is 62.3 Å². The molecule has 5 nitrogen and oxygen atoms in total. The first-order valence-electron chi connectivity index (χ1n) is 45.9. The maximum atomic E-state index is 13.9. The van der Waals surface area contributed by atoms with E-state index < -0.39 is 0 Å². The van der Waals surface area contributed by atoms with E-state index in [1.807, 2.05) is 65.8 Å². The minimum absolute atomic E-state index is 0.159. The molecule has 13 aromatic rings. The summed E-state index contributed by atoms with van der Waals surface area (Å²) >= 11 is 0. The lowest BCUT2D eigenvalue weighted by Gasteiger charge is -2.21. The van der Waals surface area contributed by atoms with Crippen LogP contribution >= 0.6 is 0 Å². The number of aryl methyl sites for hydroxylation is 3. The fourth-order valence-corrected chi connectivity index (χ4v) is 21.0. The highest BCUT2D eigenvalue weighted by molar-refractivity contribution is 5.98. The SMILES string of the molecule is CC.CC.CC.CC(C)(C)c1ccc2c(c1)c(-c1ccccc1)cc1[n+]2CC2=C1CCC2.Cc1cc2[n+](c3ccc(C(C)(C)C)cc13)CC1=C2CCC1.Cc1ccc2c(c1)c(-c1ccccc1)cc1[n+]2CC2=C1CCC2.Cc1ccc2c(c1)c(C(C)(C)C)cc1[n+]2CC2=C1CCC2.Fc1ccc2c(c1)c(-c1ccccc1)cc1[n+]2CC2=C1CCC2. The molecule has 0 unspecified atom stereocenters. The number of halogens is 1. The molecular formula is C114H129FN5+5. The number of benzene rings is 8. The predicted molar refractivity (Wildman–Crippen MR) is 505 cm³/mol. The third kappa shape index (κ3) is 15.7. The summed E-state index contributed by atoms with van der Waals surface area (Å²) in [6, 6.07) is 77.3. The summed E-state index contributed by atoms with van der Waals surface area (Å²) in [4.78, 5) is 0. The smallest absolute Gasteiger partial charge is 0.207 e. The summed E-state index contributed by atoms with van der Waals surface area (Å²) in [7, 11) is 0. The van der Waals surface area contributed by atoms with E-state index >= 15 is 0 Å². The second kappa shape index (κ2) is 34.2. The second-order valence-electron chi connectivity index (χ2n) is 37.6. The minimum Gasteiger partial charge on any atom is -0.207 e. The van der Waals surface area contributed by atoms with Gasteiger partial charge in [-0.3, -0.25) is 0 Å². The maximum absolute atomic E-state index is 13.9. The average Bonchev–Trinajstić information content (AvgIpc) is 1.60. The Hall–Kier alpha value is -10.6. The summed E-state index contributed by atoms with van der Waals surface area (Å²) in [5.41, 5.74) is 46.9. The number of hydrogen-bond acceptors (Lipinski definition) is 0. The molecule has 0 fully saturated rings. The number of fused-ring (bicyclic) bond motifs is 20. The summed E-state index contributed by atoms with van der Waals surface area (Å²) < 4.78 is 26.4. The van der Waals surface area contributed by atoms with Crippen LogP contribution in [0.3, 0.4) is 0 Å². The number of rotatable bonds is 3. The summed E-state index contributed by atoms with van der Waals surface area (Å²) in [6.45, 7) is 44.8. The molecule has 6 heteroatoms. The Morgan fingerprint density at radius 1 is 0.258 bits per heavy atom. The van der Waals surface area contributed by atoms with Crippen LogP contribution in [0.2, 0.25) is 0 Å². The Morgan fingerprint density at radius 2 is 0.542 bits per heavy atom. The normalized spacial score (nSPS) is 16.0. The van der Waals surface area contributed by atoms with E-state index in [0.29, 0.717) is 0 Å². The molecule has 23 rings (SSSR count). The Morgan fingerprint density at radius 3 is 0.892 bits per heavy atom. The van der Waals surface area contributed by atoms with Gasteiger partial charge in [-0.2, -0.15) is 22.8 Å². The summed E-state index contributed by atoms with van der Waals surface area (Å²) in [5.74, 6) is -0.172. The fraction of sp³-hybridized carbons (Fsp3) is 0.360. The van der Waals surface area contributed by atoms with Gasteiger partial charge in [-0.05, 0) is 209 Å². The minimum atomic E-state index is -0.172. The molecule has 0 saturated heterocycles. The van der Waals surface area contributed by atoms with Gasteiger partial charge in [-0.25, -0.2) is 4.39 Å². The van der Waals surface area contributed by atoms with Gasteiger partial charge >= 0.3 is 0 Å². The largest absolute Gasteiger partial charge is 0.214 e. The lowest BCUT2D eigenvalue weighted by Crippen LogP contribution is -2.37. The van der Waals surface area contributed by atoms with Crippen molar-refractivity contribution in [3.63, 3.8) is 0 Å². The van der Waals surface area contributed by atoms with Crippen molar-refractivity contribution in [2.75, 3.05) is 0 Å². The highest BCUT2D eigenvalue weighted by Crippen LogP contribution is 2.47. The molecule has 0 N–H and O–H groups in total. The van der Waals surface area contributed by atoms with Gasteiger partial charge in [0, 0.05) is 138 Å². The topological polar surface area (TPSA) is 19.4 Å². The second-order valence-corrected chi connectivity index (χ2v) is 37.6. The van der Waals surface area contributed by atoms with Crippen LogP contribution in [0, 0.1) is 26.6 Å². The van der Waals surface area contributed by atoms with Gasteiger partial charge in [-0.15, -0.1) is 0 Å². The molecule has 5 aliphatic carbocycles. The molecule has 0 saturated carbocycles. The van der Waals surface area contributed by atoms with Crippen molar-refractivity contribution in [1.82, 2.24) is 0 Å². The zero-order chi connectivity index (χ0) is 84.2. The van der Waals surface area contributed by atoms with Gasteiger partial charge < -0.3 is 0 Å². The Labute approximate surface area is 716 Å². The highest BCUT2D eigenvalue weighted by Gasteiger charge is 2.41. The molecule has 10 heterocycles. The zero-order valence-corrected chi connectivity index (χ0v) is 75.5. The molecule has 612 valence electrons. The van der Waals surface area contributed by atoms with Crippen LogP contribution in [-0.4, -0.2) is 0 Å². The van der Waals surface area contributed by atoms with Gasteiger partial charge in [0.2, 0.25) is 56.1 Å². The van der Waals surface area contributed by atoms with Gasteiger partial charge in [-0.1, -0.05) is 230 Å². The monoisotopic (exact) mass is 1590 g/mol. The third-order valence-electron chi connectivity index (χ3n) is 27.0. The van der Waals surface area contributed by atoms with Crippen molar-refractivity contribution in [3.8, 4) is 33.4 Å². The quantitative estimate of drug-likeness (QED) is 0.157. The molecule has 8 aromatic carbocycles. The first-order valence-corrected chi connectivity index (χ1v) is 45.9. The lowest BCUT2D eigenvalue weighted by molar-refractivity contribution is -0.660. The van der Waals surface area contributed by atoms with Crippen molar-refractivity contribution in [2.45, 2.75) is 270 Å². The molecule has 5 aromatic heterocycles. The van der Waals surface area contributed by atoms with Gasteiger partial charge in [0.1, 0.15) is 5.82 Å². The average molecular weight is 1590 g/mol. The van der Waals surface area contributed by atoms with Crippen molar-refractivity contribution in [1.29, 1.82) is 0 Å². The van der Waals surface area contributed by atoms with Crippen LogP contribution in [0.25, 0.3) is 116 Å². The summed E-state index contributed by atoms with van der Waals surface area (Å²) in [5, 5.41) is 6.62. The van der Waals surface area contributed by atoms with Crippen LogP contribution in [-0.2, 0) is 49.0 Å². The van der Waals surface area contributed by atoms with E-state index in [1.165, 1.54) is 230 Å². The molecule has 10 aliphatic rings. The predicted octanol–water partition coefficient (Wildman–Crippen LogP) is 28.4. The number of aromatic nitrogens is 5. The van der Waals surface area contributed by atoms with Gasteiger partial charge in [0.05, 0.1) is 21.5 Å². The molecule has 5 aliphatic heterocycles. The number of pyridine rings is 5. The maximum Gasteiger partial charge on any atom is 0.214 e. The number of hydrogen-bond donors (Lipinski definition) is 0. The number of nitrogens with zero attached hydrogens (tertiary/aromatic N) is 5. The van der Waals surface area contributed by atoms with Crippen LogP contribution in [0.5, 0.6) is 0 Å². The lowest BCUT2D eigenvalue weighted by atomic mass is 9.83. The highest BCUT2D eigenvalue weighted by atomic mass is 19.1. The van der Waals surface area contributed by atoms with Crippen LogP contribution in [0.4, 0.5) is 4.39 Å². The molecule has 120 heavy (non-hydrogen) atoms. The molecule has 0 spiro atoms. The Kier molecular flexibility index (Phi) is 23.7. The van der Waals surface area contributed by atoms with E-state index in [9.17, 15) is 4.39 Å². The van der Waals surface area contributed by atoms with E-state index in [4.69, 9.17) is 0 Å². The van der Waals surface area contributed by atoms with E-state index in [0.717, 1.165) is 54.8 Å². The summed E-state index contributed by atoms with van der Waals surface area (Å²) in [6.07, 6.45) is 19.2. The van der Waals surface area contributed by atoms with E-state index in [-0.39, 0.29) is 22.1 Å². The van der Waals surface area contributed by atoms with Gasteiger partial charge in [0.15, 0.2) is 32.7 Å². The first-order chi connectivity index (χ1) is 58.0. The first kappa shape index (κ1) is 83.1. The molecule has 0 radical (unpaired) electrons. The Bertz CT molecular complexity index is 6190. The standard InChI is InChI=1S/C25H26N.C22H20N.C21H17FN.2C20H24N.3C2H6/c1-25(2,3)19-12-13-23-22(14-19)21(17-8-5-4-6-9-17)15-24-20-11-7-10-18(20)16-26(23)24;1-15-10-11-21-20(12-15)19(16-6-3-2-4-7-16)13-22-18-9-5-8-17(18)14-23(21)22;22-16-9-10-20-19(11-16)18(14-5-2-1-3-6-14)12-21-17-8-4-7-15(17)13-23(20)21;1-13-10-19-16-7-5-6-14(16)12-21(19)18-9-8-15(11-17(13)18)20(2,3)4;1-13-8-9-18-16(10-13)17(20(2,3)4)11-19-15-7-5-6-14(15)12-21(18)19;3*1-2/h4-6,8-9,12-15H,7,10-11,16H2,1-3H3;2-4,6-7,10-13H,5,8-9,14H2,1H3;1-3,5-6,9-12H,4,7-8,13H2;2*8-11H,5-7,12H2,1-4H3;3*1-2H3/q5*+1;;;. The number of allylic oxidation sites excluding steroid dienone is 10. The Balaban J connectivity index is 0.000000110. The molecule has 0 bridgehead atoms. The molecular weight excluding hydrogens is 1460 g/mol. The third-order valence-corrected chi connectivity index (χ3v) is 27.0. The molecule has 0 amide bonds. The van der Waals surface area contributed by atoms with E-state index in [2.05, 4.69) is 282 Å². The van der Waals surface area contributed by atoms with Crippen LogP contribution in [0.15, 0.2) is 240 Å². The fourth-order valence-electron chi connectivity index (χ4n) is 21.0. The molecule has 0 atom stereocenters. The van der Waals surface area contributed by atoms with Gasteiger partial charge in [0.25, 0.3) is 0 Å².